The molecule has 0 amide bonds. The van der Waals surface area contributed by atoms with Crippen LogP contribution in [0.25, 0.3) is 0 Å². The molecule has 2 N–H and O–H groups in total. The summed E-state index contributed by atoms with van der Waals surface area (Å²) in [6.45, 7) is 0.619. The van der Waals surface area contributed by atoms with Crippen LogP contribution in [0.1, 0.15) is 5.76 Å². The van der Waals surface area contributed by atoms with Gasteiger partial charge in [0.05, 0.1) is 6.26 Å². The lowest BCUT2D eigenvalue weighted by Crippen LogP contribution is -2.16. The van der Waals surface area contributed by atoms with E-state index in [1.54, 1.807) is 6.26 Å². The smallest absolute Gasteiger partial charge is 0.290 e. The number of furan rings is 1. The molecule has 0 aliphatic rings. The van der Waals surface area contributed by atoms with Crippen LogP contribution in [0.5, 0.6) is 0 Å². The molecule has 2 rings (SSSR count). The van der Waals surface area contributed by atoms with Crippen LogP contribution in [0.4, 0.5) is 5.82 Å². The first-order chi connectivity index (χ1) is 7.36. The molecule has 0 saturated carbocycles. The second kappa shape index (κ2) is 4.45. The summed E-state index contributed by atoms with van der Waals surface area (Å²) >= 11 is 0. The molecule has 78 valence electrons. The normalized spacial score (nSPS) is 10.1. The summed E-state index contributed by atoms with van der Waals surface area (Å²) in [6.07, 6.45) is 5.39. The Bertz CT molecular complexity index is 462. The minimum atomic E-state index is -0.211. The van der Waals surface area contributed by atoms with Gasteiger partial charge >= 0.3 is 0 Å². The van der Waals surface area contributed by atoms with Crippen molar-refractivity contribution < 1.29 is 4.42 Å². The quantitative estimate of drug-likeness (QED) is 0.781. The predicted octanol–water partition coefficient (Wildman–Crippen LogP) is 1.02. The molecule has 15 heavy (non-hydrogen) atoms. The number of hydrogen-bond acceptors (Lipinski definition) is 4. The molecule has 0 aliphatic heterocycles. The standard InChI is InChI=1S/C10H11N3O2/c14-10-9(12-5-6-13-10)11-4-3-8-2-1-7-15-8/h1-2,5-7H,3-4H2,(H,11,12)(H,13,14). The van der Waals surface area contributed by atoms with E-state index in [2.05, 4.69) is 15.3 Å². The first kappa shape index (κ1) is 9.51. The van der Waals surface area contributed by atoms with E-state index in [0.717, 1.165) is 12.2 Å². The minimum absolute atomic E-state index is 0.211. The molecule has 2 heterocycles. The van der Waals surface area contributed by atoms with Crippen molar-refractivity contribution in [2.24, 2.45) is 0 Å². The first-order valence-electron chi connectivity index (χ1n) is 4.66. The topological polar surface area (TPSA) is 70.9 Å². The van der Waals surface area contributed by atoms with E-state index < -0.39 is 0 Å². The van der Waals surface area contributed by atoms with Crippen LogP contribution in [0.2, 0.25) is 0 Å². The van der Waals surface area contributed by atoms with Gasteiger partial charge in [0.25, 0.3) is 5.56 Å². The van der Waals surface area contributed by atoms with Crippen molar-refractivity contribution in [3.8, 4) is 0 Å². The summed E-state index contributed by atoms with van der Waals surface area (Å²) in [6, 6.07) is 3.73. The van der Waals surface area contributed by atoms with Crippen LogP contribution in [0.3, 0.4) is 0 Å². The third-order valence-corrected chi connectivity index (χ3v) is 1.95. The van der Waals surface area contributed by atoms with Crippen LogP contribution in [0.15, 0.2) is 40.0 Å². The molecular formula is C10H11N3O2. The Balaban J connectivity index is 1.89. The molecule has 2 aromatic rings. The number of aromatic amines is 1. The Hall–Kier alpha value is -2.04. The fourth-order valence-electron chi connectivity index (χ4n) is 1.24. The molecule has 0 atom stereocenters. The summed E-state index contributed by atoms with van der Waals surface area (Å²) in [5, 5.41) is 2.94. The van der Waals surface area contributed by atoms with Crippen molar-refractivity contribution in [1.82, 2.24) is 9.97 Å². The highest BCUT2D eigenvalue weighted by molar-refractivity contribution is 5.29. The molecular weight excluding hydrogens is 194 g/mol. The highest BCUT2D eigenvalue weighted by atomic mass is 16.3. The summed E-state index contributed by atoms with van der Waals surface area (Å²) < 4.78 is 5.16. The number of H-pyrrole nitrogens is 1. The first-order valence-corrected chi connectivity index (χ1v) is 4.66. The van der Waals surface area contributed by atoms with E-state index in [9.17, 15) is 4.79 Å². The molecule has 0 aliphatic carbocycles. The lowest BCUT2D eigenvalue weighted by Gasteiger charge is -2.01. The van der Waals surface area contributed by atoms with E-state index in [1.165, 1.54) is 12.4 Å². The molecule has 0 fully saturated rings. The zero-order valence-electron chi connectivity index (χ0n) is 8.06. The van der Waals surface area contributed by atoms with Gasteiger partial charge < -0.3 is 14.7 Å². The Morgan fingerprint density at radius 1 is 1.53 bits per heavy atom. The van der Waals surface area contributed by atoms with Gasteiger partial charge in [-0.3, -0.25) is 4.79 Å². The molecule has 0 bridgehead atoms. The Labute approximate surface area is 86.2 Å². The fourth-order valence-corrected chi connectivity index (χ4v) is 1.24. The number of nitrogens with zero attached hydrogens (tertiary/aromatic N) is 1. The van der Waals surface area contributed by atoms with Crippen molar-refractivity contribution in [3.63, 3.8) is 0 Å². The van der Waals surface area contributed by atoms with Gasteiger partial charge in [0.15, 0.2) is 5.82 Å². The number of aromatic nitrogens is 2. The Morgan fingerprint density at radius 3 is 3.20 bits per heavy atom. The van der Waals surface area contributed by atoms with E-state index in [0.29, 0.717) is 12.4 Å². The maximum Gasteiger partial charge on any atom is 0.290 e. The van der Waals surface area contributed by atoms with Gasteiger partial charge in [0, 0.05) is 25.4 Å². The van der Waals surface area contributed by atoms with Crippen LogP contribution in [0, 0.1) is 0 Å². The Kier molecular flexibility index (Phi) is 2.82. The SMILES string of the molecule is O=c1[nH]ccnc1NCCc1ccco1. The van der Waals surface area contributed by atoms with Crippen molar-refractivity contribution in [3.05, 3.63) is 46.9 Å². The Morgan fingerprint density at radius 2 is 2.47 bits per heavy atom. The largest absolute Gasteiger partial charge is 0.469 e. The van der Waals surface area contributed by atoms with E-state index in [4.69, 9.17) is 4.42 Å². The molecule has 5 nitrogen and oxygen atoms in total. The van der Waals surface area contributed by atoms with E-state index >= 15 is 0 Å². The van der Waals surface area contributed by atoms with E-state index in [1.807, 2.05) is 12.1 Å². The average molecular weight is 205 g/mol. The summed E-state index contributed by atoms with van der Waals surface area (Å²) in [4.78, 5) is 17.7. The van der Waals surface area contributed by atoms with Crippen LogP contribution < -0.4 is 10.9 Å². The van der Waals surface area contributed by atoms with Gasteiger partial charge in [-0.1, -0.05) is 0 Å². The number of anilines is 1. The summed E-state index contributed by atoms with van der Waals surface area (Å²) in [5.41, 5.74) is -0.211. The second-order valence-electron chi connectivity index (χ2n) is 3.02. The average Bonchev–Trinajstić information content (AvgIpc) is 2.74. The maximum atomic E-state index is 11.2. The van der Waals surface area contributed by atoms with Crippen molar-refractivity contribution in [2.75, 3.05) is 11.9 Å². The summed E-state index contributed by atoms with van der Waals surface area (Å²) in [7, 11) is 0. The highest BCUT2D eigenvalue weighted by Crippen LogP contribution is 2.00. The molecule has 0 aromatic carbocycles. The van der Waals surface area contributed by atoms with Crippen LogP contribution in [-0.2, 0) is 6.42 Å². The van der Waals surface area contributed by atoms with Gasteiger partial charge in [-0.25, -0.2) is 4.98 Å². The molecule has 0 radical (unpaired) electrons. The predicted molar refractivity (Wildman–Crippen MR) is 55.8 cm³/mol. The number of nitrogens with one attached hydrogen (secondary N) is 2. The molecule has 0 unspecified atom stereocenters. The van der Waals surface area contributed by atoms with Crippen molar-refractivity contribution >= 4 is 5.82 Å². The lowest BCUT2D eigenvalue weighted by molar-refractivity contribution is 0.513. The lowest BCUT2D eigenvalue weighted by atomic mass is 10.3. The maximum absolute atomic E-state index is 11.2. The zero-order valence-corrected chi connectivity index (χ0v) is 8.06. The summed E-state index contributed by atoms with van der Waals surface area (Å²) in [5.74, 6) is 1.22. The van der Waals surface area contributed by atoms with Gasteiger partial charge in [-0.15, -0.1) is 0 Å². The van der Waals surface area contributed by atoms with Gasteiger partial charge in [-0.2, -0.15) is 0 Å². The van der Waals surface area contributed by atoms with Gasteiger partial charge in [-0.05, 0) is 12.1 Å². The van der Waals surface area contributed by atoms with Crippen LogP contribution >= 0.6 is 0 Å². The van der Waals surface area contributed by atoms with Crippen molar-refractivity contribution in [1.29, 1.82) is 0 Å². The molecule has 0 saturated heterocycles. The number of hydrogen-bond donors (Lipinski definition) is 2. The fraction of sp³-hybridized carbons (Fsp3) is 0.200. The third kappa shape index (κ3) is 2.46. The monoisotopic (exact) mass is 205 g/mol. The van der Waals surface area contributed by atoms with Gasteiger partial charge in [0.1, 0.15) is 5.76 Å². The highest BCUT2D eigenvalue weighted by Gasteiger charge is 1.99. The van der Waals surface area contributed by atoms with Crippen molar-refractivity contribution in [2.45, 2.75) is 6.42 Å². The zero-order chi connectivity index (χ0) is 10.5. The number of rotatable bonds is 4. The van der Waals surface area contributed by atoms with Crippen LogP contribution in [-0.4, -0.2) is 16.5 Å². The third-order valence-electron chi connectivity index (χ3n) is 1.95. The van der Waals surface area contributed by atoms with E-state index in [-0.39, 0.29) is 5.56 Å². The molecule has 0 spiro atoms. The van der Waals surface area contributed by atoms with Gasteiger partial charge in [0.2, 0.25) is 0 Å². The molecule has 5 heteroatoms. The second-order valence-corrected chi connectivity index (χ2v) is 3.02. The molecule has 2 aromatic heterocycles. The minimum Gasteiger partial charge on any atom is -0.469 e.